The van der Waals surface area contributed by atoms with Crippen molar-refractivity contribution in [3.05, 3.63) is 71.6 Å². The van der Waals surface area contributed by atoms with Gasteiger partial charge in [-0.3, -0.25) is 14.4 Å². The Balaban J connectivity index is 1.32. The van der Waals surface area contributed by atoms with Crippen molar-refractivity contribution < 1.29 is 9.18 Å². The third kappa shape index (κ3) is 4.11. The molecule has 1 amide bonds. The van der Waals surface area contributed by atoms with Crippen LogP contribution in [0.15, 0.2) is 48.9 Å². The molecule has 8 nitrogen and oxygen atoms in total. The van der Waals surface area contributed by atoms with Crippen LogP contribution in [0.5, 0.6) is 0 Å². The van der Waals surface area contributed by atoms with Gasteiger partial charge in [0.2, 0.25) is 0 Å². The minimum Gasteiger partial charge on any atom is -0.336 e. The first-order valence-electron chi connectivity index (χ1n) is 11.2. The van der Waals surface area contributed by atoms with Gasteiger partial charge < -0.3 is 4.90 Å². The first-order valence-corrected chi connectivity index (χ1v) is 11.2. The Labute approximate surface area is 191 Å². The molecule has 1 aliphatic heterocycles. The van der Waals surface area contributed by atoms with Crippen molar-refractivity contribution >= 4 is 11.6 Å². The Bertz CT molecular complexity index is 1290. The Hall–Kier alpha value is -3.59. The number of hydrogen-bond donors (Lipinski definition) is 0. The zero-order valence-corrected chi connectivity index (χ0v) is 18.8. The van der Waals surface area contributed by atoms with Gasteiger partial charge in [-0.15, -0.1) is 0 Å². The molecular weight excluding hydrogens is 421 g/mol. The van der Waals surface area contributed by atoms with E-state index in [9.17, 15) is 9.18 Å². The number of aryl methyl sites for hydroxylation is 2. The van der Waals surface area contributed by atoms with Crippen molar-refractivity contribution in [2.75, 3.05) is 26.2 Å². The van der Waals surface area contributed by atoms with Crippen LogP contribution in [0.1, 0.15) is 28.5 Å². The number of nitrogens with zero attached hydrogens (tertiary/aromatic N) is 7. The topological polar surface area (TPSA) is 71.6 Å². The molecule has 9 heteroatoms. The maximum Gasteiger partial charge on any atom is 0.259 e. The maximum atomic E-state index is 13.3. The molecule has 0 spiro atoms. The summed E-state index contributed by atoms with van der Waals surface area (Å²) in [5.74, 6) is -0.286. The molecule has 170 valence electrons. The SMILES string of the molecule is CCn1cc(-c2ccnc3c(C(=O)N4CCN(Cc5ccc(F)cc5)CC4)cnn23)c(C)n1. The number of hydrogen-bond acceptors (Lipinski definition) is 5. The fourth-order valence-corrected chi connectivity index (χ4v) is 4.31. The van der Waals surface area contributed by atoms with Crippen LogP contribution in [0.2, 0.25) is 0 Å². The summed E-state index contributed by atoms with van der Waals surface area (Å²) >= 11 is 0. The summed E-state index contributed by atoms with van der Waals surface area (Å²) in [4.78, 5) is 21.9. The highest BCUT2D eigenvalue weighted by atomic mass is 19.1. The van der Waals surface area contributed by atoms with E-state index in [4.69, 9.17) is 0 Å². The van der Waals surface area contributed by atoms with Crippen LogP contribution >= 0.6 is 0 Å². The van der Waals surface area contributed by atoms with Gasteiger partial charge in [-0.1, -0.05) is 12.1 Å². The van der Waals surface area contributed by atoms with E-state index in [1.807, 2.05) is 35.7 Å². The van der Waals surface area contributed by atoms with Crippen LogP contribution in [0.25, 0.3) is 16.9 Å². The summed E-state index contributed by atoms with van der Waals surface area (Å²) in [6.07, 6.45) is 5.32. The highest BCUT2D eigenvalue weighted by molar-refractivity contribution is 6.00. The smallest absolute Gasteiger partial charge is 0.259 e. The first-order chi connectivity index (χ1) is 16.0. The maximum absolute atomic E-state index is 13.3. The van der Waals surface area contributed by atoms with Crippen molar-refractivity contribution in [3.8, 4) is 11.3 Å². The van der Waals surface area contributed by atoms with E-state index >= 15 is 0 Å². The van der Waals surface area contributed by atoms with E-state index in [2.05, 4.69) is 20.1 Å². The molecule has 33 heavy (non-hydrogen) atoms. The lowest BCUT2D eigenvalue weighted by Crippen LogP contribution is -2.48. The van der Waals surface area contributed by atoms with Crippen molar-refractivity contribution in [3.63, 3.8) is 0 Å². The molecular formula is C24H26FN7O. The summed E-state index contributed by atoms with van der Waals surface area (Å²) in [7, 11) is 0. The molecule has 3 aromatic heterocycles. The van der Waals surface area contributed by atoms with E-state index in [0.29, 0.717) is 24.3 Å². The molecule has 0 unspecified atom stereocenters. The van der Waals surface area contributed by atoms with E-state index < -0.39 is 0 Å². The molecule has 4 aromatic rings. The van der Waals surface area contributed by atoms with Crippen LogP contribution < -0.4 is 0 Å². The second-order valence-corrected chi connectivity index (χ2v) is 8.30. The van der Waals surface area contributed by atoms with Gasteiger partial charge in [0.1, 0.15) is 11.4 Å². The molecule has 0 saturated carbocycles. The molecule has 5 rings (SSSR count). The molecule has 1 aromatic carbocycles. The number of carbonyl (C=O) groups is 1. The molecule has 1 fully saturated rings. The van der Waals surface area contributed by atoms with Crippen LogP contribution in [0, 0.1) is 12.7 Å². The van der Waals surface area contributed by atoms with Gasteiger partial charge in [0.05, 0.1) is 17.6 Å². The second-order valence-electron chi connectivity index (χ2n) is 8.30. The molecule has 0 bridgehead atoms. The van der Waals surface area contributed by atoms with Gasteiger partial charge in [0, 0.05) is 57.2 Å². The number of piperazine rings is 1. The Kier molecular flexibility index (Phi) is 5.63. The minimum absolute atomic E-state index is 0.0583. The average molecular weight is 448 g/mol. The summed E-state index contributed by atoms with van der Waals surface area (Å²) in [6.45, 7) is 8.31. The van der Waals surface area contributed by atoms with Crippen molar-refractivity contribution in [1.29, 1.82) is 0 Å². The van der Waals surface area contributed by atoms with E-state index in [0.717, 1.165) is 48.7 Å². The predicted octanol–water partition coefficient (Wildman–Crippen LogP) is 3.02. The molecule has 0 atom stereocenters. The number of benzene rings is 1. The molecule has 1 aliphatic rings. The Morgan fingerprint density at radius 3 is 2.55 bits per heavy atom. The molecule has 4 heterocycles. The Morgan fingerprint density at radius 1 is 1.09 bits per heavy atom. The van der Waals surface area contributed by atoms with Crippen molar-refractivity contribution in [2.45, 2.75) is 26.9 Å². The van der Waals surface area contributed by atoms with Gasteiger partial charge in [-0.25, -0.2) is 13.9 Å². The summed E-state index contributed by atoms with van der Waals surface area (Å²) in [5, 5.41) is 9.02. The lowest BCUT2D eigenvalue weighted by atomic mass is 10.1. The quantitative estimate of drug-likeness (QED) is 0.470. The standard InChI is InChI=1S/C24H26FN7O/c1-3-31-16-21(17(2)28-31)22-8-9-26-23-20(14-27-32(22)23)24(33)30-12-10-29(11-13-30)15-18-4-6-19(25)7-5-18/h4-9,14,16H,3,10-13,15H2,1-2H3. The predicted molar refractivity (Wildman–Crippen MR) is 122 cm³/mol. The first kappa shape index (κ1) is 21.3. The summed E-state index contributed by atoms with van der Waals surface area (Å²) < 4.78 is 16.7. The normalized spacial score (nSPS) is 14.8. The number of fused-ring (bicyclic) bond motifs is 1. The Morgan fingerprint density at radius 2 is 1.85 bits per heavy atom. The fourth-order valence-electron chi connectivity index (χ4n) is 4.31. The molecule has 1 saturated heterocycles. The van der Waals surface area contributed by atoms with Gasteiger partial charge in [0.15, 0.2) is 5.65 Å². The molecule has 0 aliphatic carbocycles. The average Bonchev–Trinajstić information content (AvgIpc) is 3.44. The fraction of sp³-hybridized carbons (Fsp3) is 0.333. The number of aromatic nitrogens is 5. The lowest BCUT2D eigenvalue weighted by Gasteiger charge is -2.34. The van der Waals surface area contributed by atoms with Gasteiger partial charge in [0.25, 0.3) is 5.91 Å². The lowest BCUT2D eigenvalue weighted by molar-refractivity contribution is 0.0630. The number of amides is 1. The second kappa shape index (κ2) is 8.74. The third-order valence-electron chi connectivity index (χ3n) is 6.16. The van der Waals surface area contributed by atoms with E-state index in [1.165, 1.54) is 12.1 Å². The number of halogens is 1. The van der Waals surface area contributed by atoms with Gasteiger partial charge in [-0.05, 0) is 37.6 Å². The third-order valence-corrected chi connectivity index (χ3v) is 6.16. The van der Waals surface area contributed by atoms with Crippen LogP contribution in [-0.4, -0.2) is 66.3 Å². The van der Waals surface area contributed by atoms with E-state index in [1.54, 1.807) is 29.0 Å². The zero-order chi connectivity index (χ0) is 22.9. The largest absolute Gasteiger partial charge is 0.336 e. The van der Waals surface area contributed by atoms with E-state index in [-0.39, 0.29) is 11.7 Å². The zero-order valence-electron chi connectivity index (χ0n) is 18.8. The monoisotopic (exact) mass is 447 g/mol. The highest BCUT2D eigenvalue weighted by Crippen LogP contribution is 2.24. The van der Waals surface area contributed by atoms with Crippen LogP contribution in [0.3, 0.4) is 0 Å². The van der Waals surface area contributed by atoms with Gasteiger partial charge in [-0.2, -0.15) is 10.2 Å². The molecule has 0 radical (unpaired) electrons. The van der Waals surface area contributed by atoms with Crippen molar-refractivity contribution in [1.82, 2.24) is 34.2 Å². The summed E-state index contributed by atoms with van der Waals surface area (Å²) in [5.41, 5.74) is 4.86. The molecule has 0 N–H and O–H groups in total. The number of carbonyl (C=O) groups excluding carboxylic acids is 1. The van der Waals surface area contributed by atoms with Gasteiger partial charge >= 0.3 is 0 Å². The summed E-state index contributed by atoms with van der Waals surface area (Å²) in [6, 6.07) is 8.47. The minimum atomic E-state index is -0.228. The highest BCUT2D eigenvalue weighted by Gasteiger charge is 2.26. The van der Waals surface area contributed by atoms with Crippen LogP contribution in [0.4, 0.5) is 4.39 Å². The number of rotatable bonds is 5. The van der Waals surface area contributed by atoms with Crippen LogP contribution in [-0.2, 0) is 13.1 Å². The van der Waals surface area contributed by atoms with Crippen molar-refractivity contribution in [2.24, 2.45) is 0 Å².